The van der Waals surface area contributed by atoms with Crippen molar-refractivity contribution in [3.05, 3.63) is 70.2 Å². The summed E-state index contributed by atoms with van der Waals surface area (Å²) in [6.45, 7) is 4.39. The molecule has 0 spiro atoms. The van der Waals surface area contributed by atoms with Gasteiger partial charge in [-0.15, -0.1) is 0 Å². The number of aromatic carboxylic acids is 1. The van der Waals surface area contributed by atoms with Crippen LogP contribution in [-0.4, -0.2) is 18.2 Å². The number of halogens is 1. The summed E-state index contributed by atoms with van der Waals surface area (Å²) < 4.78 is 0. The number of carbonyl (C=O) groups is 1. The zero-order chi connectivity index (χ0) is 17.9. The van der Waals surface area contributed by atoms with E-state index in [0.717, 1.165) is 5.56 Å². The van der Waals surface area contributed by atoms with Gasteiger partial charge in [-0.2, -0.15) is 0 Å². The molecule has 2 aromatic rings. The highest BCUT2D eigenvalue weighted by Gasteiger charge is 1.99. The molecule has 0 saturated carbocycles. The van der Waals surface area contributed by atoms with Gasteiger partial charge in [0.2, 0.25) is 0 Å². The standard InChI is InChI=1S/C15H12ClNO3.C3H9N/c16-13-7-5-11(6-8-13)10-20-17-9-12-3-1-2-4-14(12)15(18)19;1-3(2)4/h1-9H,10H2,(H,18,19);3H,4H2,1-2H3/b17-9+;. The van der Waals surface area contributed by atoms with Gasteiger partial charge in [0.05, 0.1) is 18.2 Å². The first-order valence-electron chi connectivity index (χ1n) is 7.43. The summed E-state index contributed by atoms with van der Waals surface area (Å²) >= 11 is 5.77. The van der Waals surface area contributed by atoms with E-state index in [4.69, 9.17) is 16.4 Å². The fourth-order valence-corrected chi connectivity index (χ4v) is 1.71. The Balaban J connectivity index is 0.000000648. The fourth-order valence-electron chi connectivity index (χ4n) is 1.58. The van der Waals surface area contributed by atoms with E-state index in [1.165, 1.54) is 12.3 Å². The minimum atomic E-state index is -1.25. The number of quaternary nitrogens is 1. The van der Waals surface area contributed by atoms with Gasteiger partial charge in [0.1, 0.15) is 6.61 Å². The van der Waals surface area contributed by atoms with Crippen molar-refractivity contribution in [3.8, 4) is 0 Å². The molecule has 0 amide bonds. The number of nitrogens with zero attached hydrogens (tertiary/aromatic N) is 1. The predicted molar refractivity (Wildman–Crippen MR) is 92.6 cm³/mol. The second kappa shape index (κ2) is 10.4. The van der Waals surface area contributed by atoms with E-state index in [1.54, 1.807) is 30.3 Å². The molecule has 0 fully saturated rings. The van der Waals surface area contributed by atoms with E-state index in [2.05, 4.69) is 24.7 Å². The molecule has 6 heteroatoms. The second-order valence-corrected chi connectivity index (χ2v) is 5.84. The van der Waals surface area contributed by atoms with Crippen LogP contribution in [0.4, 0.5) is 0 Å². The van der Waals surface area contributed by atoms with Gasteiger partial charge >= 0.3 is 0 Å². The Kier molecular flexibility index (Phi) is 8.54. The molecule has 0 unspecified atom stereocenters. The van der Waals surface area contributed by atoms with Crippen LogP contribution in [0, 0.1) is 0 Å². The highest BCUT2D eigenvalue weighted by atomic mass is 35.5. The highest BCUT2D eigenvalue weighted by Crippen LogP contribution is 2.10. The molecule has 0 aliphatic rings. The molecular weight excluding hydrogens is 328 g/mol. The summed E-state index contributed by atoms with van der Waals surface area (Å²) in [7, 11) is 0. The molecular formula is C18H21ClN2O3. The summed E-state index contributed by atoms with van der Waals surface area (Å²) in [6, 6.07) is 14.2. The number of benzene rings is 2. The normalized spacial score (nSPS) is 10.4. The van der Waals surface area contributed by atoms with E-state index in [1.807, 2.05) is 12.1 Å². The maximum atomic E-state index is 10.9. The number of rotatable bonds is 5. The molecule has 0 aliphatic heterocycles. The minimum absolute atomic E-state index is 0.0753. The fraction of sp³-hybridized carbons (Fsp3) is 0.222. The average molecular weight is 349 g/mol. The molecule has 0 saturated heterocycles. The Hall–Kier alpha value is -2.37. The number of carbonyl (C=O) groups excluding carboxylic acids is 1. The summed E-state index contributed by atoms with van der Waals surface area (Å²) in [5.74, 6) is -1.25. The maximum Gasteiger partial charge on any atom is 0.142 e. The SMILES string of the molecule is CC(C)[NH3+].O=C([O-])c1ccccc1/C=N/OCc1ccc(Cl)cc1. The van der Waals surface area contributed by atoms with E-state index >= 15 is 0 Å². The molecule has 5 nitrogen and oxygen atoms in total. The number of hydrogen-bond acceptors (Lipinski definition) is 4. The topological polar surface area (TPSA) is 89.4 Å². The molecule has 3 N–H and O–H groups in total. The van der Waals surface area contributed by atoms with E-state index < -0.39 is 5.97 Å². The van der Waals surface area contributed by atoms with Gasteiger partial charge in [0.15, 0.2) is 0 Å². The molecule has 0 bridgehead atoms. The number of oxime groups is 1. The first-order chi connectivity index (χ1) is 11.4. The molecule has 128 valence electrons. The van der Waals surface area contributed by atoms with Crippen LogP contribution in [0.15, 0.2) is 53.7 Å². The Morgan fingerprint density at radius 3 is 2.42 bits per heavy atom. The molecule has 0 radical (unpaired) electrons. The third-order valence-electron chi connectivity index (χ3n) is 2.59. The molecule has 0 atom stereocenters. The van der Waals surface area contributed by atoms with Crippen molar-refractivity contribution in [2.24, 2.45) is 5.16 Å². The van der Waals surface area contributed by atoms with Crippen molar-refractivity contribution < 1.29 is 20.5 Å². The lowest BCUT2D eigenvalue weighted by molar-refractivity contribution is -0.407. The third kappa shape index (κ3) is 7.76. The Bertz CT molecular complexity index is 667. The van der Waals surface area contributed by atoms with Crippen LogP contribution in [0.2, 0.25) is 5.02 Å². The van der Waals surface area contributed by atoms with Gasteiger partial charge < -0.3 is 20.5 Å². The van der Waals surface area contributed by atoms with Crippen molar-refractivity contribution in [1.82, 2.24) is 0 Å². The quantitative estimate of drug-likeness (QED) is 0.661. The van der Waals surface area contributed by atoms with Gasteiger partial charge in [-0.25, -0.2) is 0 Å². The minimum Gasteiger partial charge on any atom is -0.545 e. The smallest absolute Gasteiger partial charge is 0.142 e. The summed E-state index contributed by atoms with van der Waals surface area (Å²) in [6.07, 6.45) is 1.35. The largest absolute Gasteiger partial charge is 0.545 e. The van der Waals surface area contributed by atoms with Gasteiger partial charge in [-0.1, -0.05) is 53.2 Å². The van der Waals surface area contributed by atoms with Crippen molar-refractivity contribution in [1.29, 1.82) is 0 Å². The summed E-state index contributed by atoms with van der Waals surface area (Å²) in [5.41, 5.74) is 5.06. The molecule has 24 heavy (non-hydrogen) atoms. The van der Waals surface area contributed by atoms with Crippen LogP contribution < -0.4 is 10.8 Å². The molecule has 2 aromatic carbocycles. The van der Waals surface area contributed by atoms with E-state index in [0.29, 0.717) is 16.6 Å². The molecule has 0 heterocycles. The van der Waals surface area contributed by atoms with Gasteiger partial charge in [0, 0.05) is 16.1 Å². The molecule has 0 aromatic heterocycles. The number of carboxylic acid groups (broad SMARTS) is 1. The Morgan fingerprint density at radius 1 is 1.25 bits per heavy atom. The van der Waals surface area contributed by atoms with Gasteiger partial charge in [0.25, 0.3) is 0 Å². The molecule has 2 rings (SSSR count). The lowest BCUT2D eigenvalue weighted by Gasteiger charge is -2.05. The van der Waals surface area contributed by atoms with Crippen LogP contribution in [0.3, 0.4) is 0 Å². The molecule has 0 aliphatic carbocycles. The summed E-state index contributed by atoms with van der Waals surface area (Å²) in [4.78, 5) is 16.0. The first kappa shape index (κ1) is 19.7. The van der Waals surface area contributed by atoms with Crippen molar-refractivity contribution in [2.45, 2.75) is 26.5 Å². The van der Waals surface area contributed by atoms with E-state index in [-0.39, 0.29) is 12.2 Å². The number of carboxylic acids is 1. The van der Waals surface area contributed by atoms with Crippen LogP contribution in [0.1, 0.15) is 35.3 Å². The van der Waals surface area contributed by atoms with Crippen LogP contribution in [0.5, 0.6) is 0 Å². The monoisotopic (exact) mass is 348 g/mol. The average Bonchev–Trinajstić information content (AvgIpc) is 2.53. The van der Waals surface area contributed by atoms with Crippen LogP contribution in [-0.2, 0) is 11.4 Å². The zero-order valence-electron chi connectivity index (χ0n) is 13.7. The number of hydrogen-bond donors (Lipinski definition) is 1. The second-order valence-electron chi connectivity index (χ2n) is 5.40. The first-order valence-corrected chi connectivity index (χ1v) is 7.81. The van der Waals surface area contributed by atoms with Crippen molar-refractivity contribution in [2.75, 3.05) is 0 Å². The summed E-state index contributed by atoms with van der Waals surface area (Å²) in [5, 5.41) is 15.3. The Labute approximate surface area is 146 Å². The van der Waals surface area contributed by atoms with Crippen LogP contribution in [0.25, 0.3) is 0 Å². The van der Waals surface area contributed by atoms with Gasteiger partial charge in [-0.3, -0.25) is 0 Å². The maximum absolute atomic E-state index is 10.9. The van der Waals surface area contributed by atoms with Crippen molar-refractivity contribution >= 4 is 23.8 Å². The highest BCUT2D eigenvalue weighted by molar-refractivity contribution is 6.30. The van der Waals surface area contributed by atoms with Crippen molar-refractivity contribution in [3.63, 3.8) is 0 Å². The van der Waals surface area contributed by atoms with E-state index in [9.17, 15) is 9.90 Å². The predicted octanol–water partition coefficient (Wildman–Crippen LogP) is 1.89. The lowest BCUT2D eigenvalue weighted by Crippen LogP contribution is -2.57. The third-order valence-corrected chi connectivity index (χ3v) is 2.84. The Morgan fingerprint density at radius 2 is 1.83 bits per heavy atom. The van der Waals surface area contributed by atoms with Crippen LogP contribution >= 0.6 is 11.6 Å². The zero-order valence-corrected chi connectivity index (χ0v) is 14.5. The van der Waals surface area contributed by atoms with Gasteiger partial charge in [-0.05, 0) is 31.5 Å². The lowest BCUT2D eigenvalue weighted by atomic mass is 10.1.